The van der Waals surface area contributed by atoms with Gasteiger partial charge in [-0.2, -0.15) is 0 Å². The number of nitrogens with two attached hydrogens (primary N) is 1. The van der Waals surface area contributed by atoms with Gasteiger partial charge in [-0.3, -0.25) is 0 Å². The maximum atomic E-state index is 9.68. The molecule has 1 rings (SSSR count). The standard InChI is InChI=1S/C12H19BrN2O2/c1-8(2)15-6-10(16)7-17-12-4-3-9(14)5-11(12)13/h3-5,8,10,15-16H,6-7,14H2,1-2H3. The van der Waals surface area contributed by atoms with Gasteiger partial charge in [0.1, 0.15) is 18.5 Å². The molecule has 1 aromatic carbocycles. The fraction of sp³-hybridized carbons (Fsp3) is 0.500. The molecule has 0 aromatic heterocycles. The molecule has 0 saturated heterocycles. The number of nitrogen functional groups attached to an aromatic ring is 1. The number of anilines is 1. The van der Waals surface area contributed by atoms with Gasteiger partial charge in [-0.05, 0) is 34.1 Å². The Hall–Kier alpha value is -0.780. The third kappa shape index (κ3) is 5.39. The Balaban J connectivity index is 2.39. The van der Waals surface area contributed by atoms with E-state index < -0.39 is 6.10 Å². The Morgan fingerprint density at radius 3 is 2.76 bits per heavy atom. The lowest BCUT2D eigenvalue weighted by Gasteiger charge is -2.15. The molecule has 4 nitrogen and oxygen atoms in total. The molecule has 0 spiro atoms. The molecule has 0 saturated carbocycles. The second kappa shape index (κ2) is 6.83. The fourth-order valence-electron chi connectivity index (χ4n) is 1.25. The number of hydrogen-bond donors (Lipinski definition) is 3. The summed E-state index contributed by atoms with van der Waals surface area (Å²) < 4.78 is 6.29. The Labute approximate surface area is 110 Å². The Morgan fingerprint density at radius 1 is 1.47 bits per heavy atom. The zero-order valence-corrected chi connectivity index (χ0v) is 11.7. The molecule has 0 heterocycles. The SMILES string of the molecule is CC(C)NCC(O)COc1ccc(N)cc1Br. The van der Waals surface area contributed by atoms with Crippen molar-refractivity contribution in [3.8, 4) is 5.75 Å². The van der Waals surface area contributed by atoms with Gasteiger partial charge < -0.3 is 20.9 Å². The minimum absolute atomic E-state index is 0.252. The minimum atomic E-state index is -0.526. The van der Waals surface area contributed by atoms with Gasteiger partial charge in [0.2, 0.25) is 0 Å². The predicted molar refractivity (Wildman–Crippen MR) is 73.2 cm³/mol. The van der Waals surface area contributed by atoms with Gasteiger partial charge in [0.15, 0.2) is 0 Å². The van der Waals surface area contributed by atoms with Crippen LogP contribution in [0.4, 0.5) is 5.69 Å². The van der Waals surface area contributed by atoms with Crippen LogP contribution in [0, 0.1) is 0 Å². The molecule has 0 aliphatic heterocycles. The summed E-state index contributed by atoms with van der Waals surface area (Å²) in [6.45, 7) is 4.83. The summed E-state index contributed by atoms with van der Waals surface area (Å²) in [5.74, 6) is 0.683. The quantitative estimate of drug-likeness (QED) is 0.701. The van der Waals surface area contributed by atoms with Crippen LogP contribution in [0.2, 0.25) is 0 Å². The van der Waals surface area contributed by atoms with E-state index in [1.165, 1.54) is 0 Å². The molecule has 4 N–H and O–H groups in total. The van der Waals surface area contributed by atoms with Crippen molar-refractivity contribution in [2.45, 2.75) is 26.0 Å². The summed E-state index contributed by atoms with van der Waals surface area (Å²) in [5, 5.41) is 12.8. The van der Waals surface area contributed by atoms with Gasteiger partial charge in [0.25, 0.3) is 0 Å². The van der Waals surface area contributed by atoms with E-state index in [1.54, 1.807) is 18.2 Å². The van der Waals surface area contributed by atoms with Crippen molar-refractivity contribution in [1.29, 1.82) is 0 Å². The van der Waals surface area contributed by atoms with Crippen molar-refractivity contribution in [3.63, 3.8) is 0 Å². The van der Waals surface area contributed by atoms with E-state index in [0.717, 1.165) is 4.47 Å². The first kappa shape index (κ1) is 14.3. The summed E-state index contributed by atoms with van der Waals surface area (Å²) in [5.41, 5.74) is 6.29. The second-order valence-electron chi connectivity index (χ2n) is 4.22. The minimum Gasteiger partial charge on any atom is -0.490 e. The highest BCUT2D eigenvalue weighted by Crippen LogP contribution is 2.26. The van der Waals surface area contributed by atoms with Crippen molar-refractivity contribution in [1.82, 2.24) is 5.32 Å². The van der Waals surface area contributed by atoms with Crippen LogP contribution in [0.3, 0.4) is 0 Å². The zero-order valence-electron chi connectivity index (χ0n) is 10.1. The molecule has 17 heavy (non-hydrogen) atoms. The van der Waals surface area contributed by atoms with Gasteiger partial charge in [0.05, 0.1) is 4.47 Å². The Morgan fingerprint density at radius 2 is 2.18 bits per heavy atom. The van der Waals surface area contributed by atoms with Crippen molar-refractivity contribution in [2.24, 2.45) is 0 Å². The van der Waals surface area contributed by atoms with E-state index in [4.69, 9.17) is 10.5 Å². The van der Waals surface area contributed by atoms with Crippen LogP contribution < -0.4 is 15.8 Å². The first-order chi connectivity index (χ1) is 7.99. The molecule has 0 aliphatic rings. The van der Waals surface area contributed by atoms with E-state index in [9.17, 15) is 5.11 Å². The van der Waals surface area contributed by atoms with Crippen LogP contribution in [0.25, 0.3) is 0 Å². The third-order valence-electron chi connectivity index (χ3n) is 2.15. The number of nitrogens with one attached hydrogen (secondary N) is 1. The van der Waals surface area contributed by atoms with Crippen LogP contribution in [0.5, 0.6) is 5.75 Å². The molecular formula is C12H19BrN2O2. The Bertz CT molecular complexity index is 358. The molecular weight excluding hydrogens is 284 g/mol. The van der Waals surface area contributed by atoms with E-state index in [-0.39, 0.29) is 6.61 Å². The van der Waals surface area contributed by atoms with Crippen molar-refractivity contribution in [2.75, 3.05) is 18.9 Å². The molecule has 5 heteroatoms. The largest absolute Gasteiger partial charge is 0.490 e. The van der Waals surface area contributed by atoms with Gasteiger partial charge in [-0.15, -0.1) is 0 Å². The molecule has 0 amide bonds. The average Bonchev–Trinajstić information content (AvgIpc) is 2.25. The van der Waals surface area contributed by atoms with E-state index in [0.29, 0.717) is 24.0 Å². The number of hydrogen-bond acceptors (Lipinski definition) is 4. The van der Waals surface area contributed by atoms with Crippen molar-refractivity contribution in [3.05, 3.63) is 22.7 Å². The van der Waals surface area contributed by atoms with Gasteiger partial charge >= 0.3 is 0 Å². The van der Waals surface area contributed by atoms with Crippen LogP contribution in [-0.2, 0) is 0 Å². The number of aliphatic hydroxyl groups is 1. The number of benzene rings is 1. The number of aliphatic hydroxyl groups excluding tert-OH is 1. The van der Waals surface area contributed by atoms with E-state index in [2.05, 4.69) is 21.2 Å². The molecule has 0 radical (unpaired) electrons. The highest BCUT2D eigenvalue weighted by molar-refractivity contribution is 9.10. The summed E-state index contributed by atoms with van der Waals surface area (Å²) in [6.07, 6.45) is -0.526. The van der Waals surface area contributed by atoms with Crippen LogP contribution in [0.15, 0.2) is 22.7 Å². The summed E-state index contributed by atoms with van der Waals surface area (Å²) in [7, 11) is 0. The maximum absolute atomic E-state index is 9.68. The maximum Gasteiger partial charge on any atom is 0.133 e. The average molecular weight is 303 g/mol. The molecule has 1 unspecified atom stereocenters. The summed E-state index contributed by atoms with van der Waals surface area (Å²) in [4.78, 5) is 0. The monoisotopic (exact) mass is 302 g/mol. The number of ether oxygens (including phenoxy) is 1. The van der Waals surface area contributed by atoms with Crippen LogP contribution in [-0.4, -0.2) is 30.4 Å². The fourth-order valence-corrected chi connectivity index (χ4v) is 1.76. The molecule has 96 valence electrons. The van der Waals surface area contributed by atoms with E-state index >= 15 is 0 Å². The van der Waals surface area contributed by atoms with Crippen LogP contribution >= 0.6 is 15.9 Å². The van der Waals surface area contributed by atoms with Gasteiger partial charge in [-0.25, -0.2) is 0 Å². The van der Waals surface area contributed by atoms with E-state index in [1.807, 2.05) is 13.8 Å². The zero-order chi connectivity index (χ0) is 12.8. The summed E-state index contributed by atoms with van der Waals surface area (Å²) in [6, 6.07) is 5.67. The van der Waals surface area contributed by atoms with Crippen LogP contribution in [0.1, 0.15) is 13.8 Å². The lowest BCUT2D eigenvalue weighted by molar-refractivity contribution is 0.104. The normalized spacial score (nSPS) is 12.8. The first-order valence-electron chi connectivity index (χ1n) is 5.58. The molecule has 1 atom stereocenters. The number of rotatable bonds is 6. The second-order valence-corrected chi connectivity index (χ2v) is 5.07. The molecule has 0 aliphatic carbocycles. The molecule has 1 aromatic rings. The lowest BCUT2D eigenvalue weighted by Crippen LogP contribution is -2.35. The van der Waals surface area contributed by atoms with Gasteiger partial charge in [0, 0.05) is 18.3 Å². The van der Waals surface area contributed by atoms with Crippen molar-refractivity contribution >= 4 is 21.6 Å². The third-order valence-corrected chi connectivity index (χ3v) is 2.77. The highest BCUT2D eigenvalue weighted by Gasteiger charge is 2.07. The topological polar surface area (TPSA) is 67.5 Å². The highest BCUT2D eigenvalue weighted by atomic mass is 79.9. The molecule has 0 bridgehead atoms. The predicted octanol–water partition coefficient (Wildman–Crippen LogP) is 1.77. The number of halogens is 1. The Kier molecular flexibility index (Phi) is 5.74. The first-order valence-corrected chi connectivity index (χ1v) is 6.37. The summed E-state index contributed by atoms with van der Waals surface area (Å²) >= 11 is 3.36. The smallest absolute Gasteiger partial charge is 0.133 e. The van der Waals surface area contributed by atoms with Gasteiger partial charge in [-0.1, -0.05) is 13.8 Å². The lowest BCUT2D eigenvalue weighted by atomic mass is 10.3. The molecule has 0 fully saturated rings. The van der Waals surface area contributed by atoms with Crippen molar-refractivity contribution < 1.29 is 9.84 Å².